The fourth-order valence-electron chi connectivity index (χ4n) is 2.69. The quantitative estimate of drug-likeness (QED) is 0.265. The van der Waals surface area contributed by atoms with Gasteiger partial charge in [-0.3, -0.25) is 9.59 Å². The number of carbonyl (C=O) groups is 2. The zero-order valence-electron chi connectivity index (χ0n) is 17.7. The Kier molecular flexibility index (Phi) is 8.69. The van der Waals surface area contributed by atoms with Gasteiger partial charge < -0.3 is 14.8 Å². The van der Waals surface area contributed by atoms with E-state index in [0.717, 1.165) is 5.56 Å². The number of hydrogen-bond donors (Lipinski definition) is 2. The number of nitrogens with one attached hydrogen (secondary N) is 2. The van der Waals surface area contributed by atoms with Crippen LogP contribution in [0.5, 0.6) is 11.5 Å². The lowest BCUT2D eigenvalue weighted by Crippen LogP contribution is -2.32. The molecule has 0 fully saturated rings. The van der Waals surface area contributed by atoms with Crippen LogP contribution in [-0.4, -0.2) is 24.6 Å². The fourth-order valence-corrected chi connectivity index (χ4v) is 3.01. The number of rotatable bonds is 8. The molecule has 0 saturated heterocycles. The maximum absolute atomic E-state index is 12.1. The predicted molar refractivity (Wildman–Crippen MR) is 129 cm³/mol. The second-order valence-corrected chi connectivity index (χ2v) is 7.50. The number of nitrogens with zero attached hydrogens (tertiary/aromatic N) is 1. The van der Waals surface area contributed by atoms with E-state index in [-0.39, 0.29) is 0 Å². The van der Waals surface area contributed by atoms with Crippen LogP contribution in [0.3, 0.4) is 0 Å². The number of amides is 2. The number of ether oxygens (including phenoxy) is 2. The van der Waals surface area contributed by atoms with E-state index in [4.69, 9.17) is 32.7 Å². The summed E-state index contributed by atoms with van der Waals surface area (Å²) in [5, 5.41) is 7.28. The lowest BCUT2D eigenvalue weighted by Gasteiger charge is -2.10. The summed E-state index contributed by atoms with van der Waals surface area (Å²) < 4.78 is 11.1. The summed E-state index contributed by atoms with van der Waals surface area (Å²) >= 11 is 11.9. The highest BCUT2D eigenvalue weighted by Crippen LogP contribution is 2.24. The van der Waals surface area contributed by atoms with Crippen molar-refractivity contribution in [2.24, 2.45) is 5.10 Å². The zero-order chi connectivity index (χ0) is 23.6. The van der Waals surface area contributed by atoms with Crippen molar-refractivity contribution in [3.05, 3.63) is 87.9 Å². The molecule has 0 aliphatic heterocycles. The number of anilines is 1. The van der Waals surface area contributed by atoms with Gasteiger partial charge in [0.25, 0.3) is 0 Å². The minimum absolute atomic E-state index is 0.335. The van der Waals surface area contributed by atoms with E-state index in [1.807, 2.05) is 13.0 Å². The van der Waals surface area contributed by atoms with Crippen LogP contribution in [0.2, 0.25) is 10.0 Å². The van der Waals surface area contributed by atoms with Crippen molar-refractivity contribution >= 4 is 46.9 Å². The molecule has 0 spiro atoms. The third-order valence-electron chi connectivity index (χ3n) is 4.29. The van der Waals surface area contributed by atoms with Crippen LogP contribution in [0.1, 0.15) is 18.1 Å². The van der Waals surface area contributed by atoms with Crippen molar-refractivity contribution in [3.63, 3.8) is 0 Å². The minimum Gasteiger partial charge on any atom is -0.492 e. The van der Waals surface area contributed by atoms with Crippen molar-refractivity contribution < 1.29 is 19.1 Å². The molecule has 9 heteroatoms. The molecular formula is C24H21Cl2N3O4. The second-order valence-electron chi connectivity index (χ2n) is 6.69. The molecule has 3 aromatic carbocycles. The summed E-state index contributed by atoms with van der Waals surface area (Å²) in [6, 6.07) is 19.2. The molecule has 3 aromatic rings. The van der Waals surface area contributed by atoms with Crippen LogP contribution in [0.25, 0.3) is 0 Å². The van der Waals surface area contributed by atoms with Crippen molar-refractivity contribution in [1.82, 2.24) is 5.43 Å². The van der Waals surface area contributed by atoms with Crippen LogP contribution in [-0.2, 0) is 16.2 Å². The molecule has 170 valence electrons. The Balaban J connectivity index is 1.49. The van der Waals surface area contributed by atoms with Gasteiger partial charge in [0.2, 0.25) is 0 Å². The zero-order valence-corrected chi connectivity index (χ0v) is 19.2. The average molecular weight is 486 g/mol. The molecule has 2 amide bonds. The fraction of sp³-hybridized carbons (Fsp3) is 0.125. The standard InChI is InChI=1S/C24H21Cl2N3O4/c1-2-32-22-6-4-3-5-21(22)28-23(30)24(31)29-27-14-16-7-10-18(11-8-16)33-15-17-9-12-19(25)20(26)13-17/h3-14H,2,15H2,1H3,(H,28,30)(H,29,31)/b27-14-. The van der Waals surface area contributed by atoms with Crippen LogP contribution in [0, 0.1) is 0 Å². The molecule has 0 aliphatic carbocycles. The molecular weight excluding hydrogens is 465 g/mol. The number of para-hydroxylation sites is 2. The molecule has 33 heavy (non-hydrogen) atoms. The number of hydrazone groups is 1. The molecule has 0 aromatic heterocycles. The molecule has 0 atom stereocenters. The van der Waals surface area contributed by atoms with Gasteiger partial charge in [0.15, 0.2) is 0 Å². The van der Waals surface area contributed by atoms with Gasteiger partial charge in [-0.1, -0.05) is 41.4 Å². The normalized spacial score (nSPS) is 10.6. The minimum atomic E-state index is -0.904. The molecule has 2 N–H and O–H groups in total. The van der Waals surface area contributed by atoms with Crippen LogP contribution >= 0.6 is 23.2 Å². The van der Waals surface area contributed by atoms with Gasteiger partial charge in [-0.2, -0.15) is 5.10 Å². The van der Waals surface area contributed by atoms with Gasteiger partial charge in [-0.15, -0.1) is 0 Å². The smallest absolute Gasteiger partial charge is 0.329 e. The Morgan fingerprint density at radius 1 is 0.939 bits per heavy atom. The van der Waals surface area contributed by atoms with Gasteiger partial charge in [0.1, 0.15) is 18.1 Å². The summed E-state index contributed by atoms with van der Waals surface area (Å²) in [4.78, 5) is 24.1. The Morgan fingerprint density at radius 3 is 2.42 bits per heavy atom. The van der Waals surface area contributed by atoms with E-state index in [9.17, 15) is 9.59 Å². The Morgan fingerprint density at radius 2 is 1.70 bits per heavy atom. The SMILES string of the molecule is CCOc1ccccc1NC(=O)C(=O)N/N=C\c1ccc(OCc2ccc(Cl)c(Cl)c2)cc1. The molecule has 0 heterocycles. The van der Waals surface area contributed by atoms with Gasteiger partial charge in [-0.25, -0.2) is 5.43 Å². The number of benzene rings is 3. The van der Waals surface area contributed by atoms with Gasteiger partial charge in [-0.05, 0) is 66.6 Å². The van der Waals surface area contributed by atoms with Crippen molar-refractivity contribution in [3.8, 4) is 11.5 Å². The third-order valence-corrected chi connectivity index (χ3v) is 5.03. The van der Waals surface area contributed by atoms with Crippen LogP contribution < -0.4 is 20.2 Å². The first-order valence-electron chi connectivity index (χ1n) is 9.99. The molecule has 0 radical (unpaired) electrons. The van der Waals surface area contributed by atoms with E-state index in [1.165, 1.54) is 6.21 Å². The summed E-state index contributed by atoms with van der Waals surface area (Å²) in [5.74, 6) is -0.634. The average Bonchev–Trinajstić information content (AvgIpc) is 2.82. The first-order chi connectivity index (χ1) is 16.0. The van der Waals surface area contributed by atoms with E-state index in [0.29, 0.717) is 46.0 Å². The Labute approximate surface area is 201 Å². The molecule has 0 aliphatic rings. The number of carbonyl (C=O) groups excluding carboxylic acids is 2. The van der Waals surface area contributed by atoms with E-state index in [2.05, 4.69) is 15.8 Å². The van der Waals surface area contributed by atoms with Crippen molar-refractivity contribution in [2.45, 2.75) is 13.5 Å². The summed E-state index contributed by atoms with van der Waals surface area (Å²) in [6.07, 6.45) is 1.42. The van der Waals surface area contributed by atoms with E-state index < -0.39 is 11.8 Å². The molecule has 0 saturated carbocycles. The Hall–Kier alpha value is -3.55. The van der Waals surface area contributed by atoms with Gasteiger partial charge in [0.05, 0.1) is 28.6 Å². The van der Waals surface area contributed by atoms with E-state index in [1.54, 1.807) is 60.7 Å². The van der Waals surface area contributed by atoms with Gasteiger partial charge >= 0.3 is 11.8 Å². The summed E-state index contributed by atoms with van der Waals surface area (Å²) in [7, 11) is 0. The first-order valence-corrected chi connectivity index (χ1v) is 10.7. The van der Waals surface area contributed by atoms with Crippen LogP contribution in [0.15, 0.2) is 71.8 Å². The van der Waals surface area contributed by atoms with Crippen LogP contribution in [0.4, 0.5) is 5.69 Å². The summed E-state index contributed by atoms with van der Waals surface area (Å²) in [6.45, 7) is 2.60. The molecule has 7 nitrogen and oxygen atoms in total. The van der Waals surface area contributed by atoms with Crippen molar-refractivity contribution in [2.75, 3.05) is 11.9 Å². The predicted octanol–water partition coefficient (Wildman–Crippen LogP) is 5.06. The number of halogens is 2. The lowest BCUT2D eigenvalue weighted by atomic mass is 10.2. The monoisotopic (exact) mass is 485 g/mol. The molecule has 3 rings (SSSR count). The third kappa shape index (κ3) is 7.24. The Bertz CT molecular complexity index is 1150. The largest absolute Gasteiger partial charge is 0.492 e. The lowest BCUT2D eigenvalue weighted by molar-refractivity contribution is -0.136. The van der Waals surface area contributed by atoms with E-state index >= 15 is 0 Å². The van der Waals surface area contributed by atoms with Crippen molar-refractivity contribution in [1.29, 1.82) is 0 Å². The topological polar surface area (TPSA) is 89.0 Å². The first kappa shape index (κ1) is 24.1. The highest BCUT2D eigenvalue weighted by atomic mass is 35.5. The highest BCUT2D eigenvalue weighted by molar-refractivity contribution is 6.42. The summed E-state index contributed by atoms with van der Waals surface area (Å²) in [5.41, 5.74) is 4.20. The van der Waals surface area contributed by atoms with Gasteiger partial charge in [0, 0.05) is 0 Å². The highest BCUT2D eigenvalue weighted by Gasteiger charge is 2.15. The maximum Gasteiger partial charge on any atom is 0.329 e. The maximum atomic E-state index is 12.1. The number of hydrogen-bond acceptors (Lipinski definition) is 5. The molecule has 0 bridgehead atoms. The second kappa shape index (κ2) is 11.9. The molecule has 0 unspecified atom stereocenters.